The van der Waals surface area contributed by atoms with Gasteiger partial charge in [-0.2, -0.15) is 0 Å². The van der Waals surface area contributed by atoms with Gasteiger partial charge >= 0.3 is 5.69 Å². The van der Waals surface area contributed by atoms with Crippen molar-refractivity contribution in [3.8, 4) is 10.6 Å². The Kier molecular flexibility index (Phi) is 6.32. The molecule has 0 unspecified atom stereocenters. The van der Waals surface area contributed by atoms with Gasteiger partial charge in [0.1, 0.15) is 11.6 Å². The molecule has 1 aliphatic rings. The third-order valence-electron chi connectivity index (χ3n) is 5.46. The second-order valence-electron chi connectivity index (χ2n) is 7.39. The van der Waals surface area contributed by atoms with Crippen molar-refractivity contribution in [1.82, 2.24) is 19.0 Å². The van der Waals surface area contributed by atoms with E-state index in [4.69, 9.17) is 28.2 Å². The van der Waals surface area contributed by atoms with E-state index in [0.29, 0.717) is 35.6 Å². The zero-order chi connectivity index (χ0) is 21.3. The normalized spacial score (nSPS) is 15.0. The van der Waals surface area contributed by atoms with Crippen molar-refractivity contribution in [2.24, 2.45) is 0 Å². The molecule has 3 aromatic rings. The summed E-state index contributed by atoms with van der Waals surface area (Å²) in [6.07, 6.45) is 5.11. The summed E-state index contributed by atoms with van der Waals surface area (Å²) in [5, 5.41) is 4.16. The molecular weight excluding hydrogens is 443 g/mol. The predicted octanol–water partition coefficient (Wildman–Crippen LogP) is 4.51. The quantitative estimate of drug-likeness (QED) is 0.557. The Morgan fingerprint density at radius 1 is 1.13 bits per heavy atom. The molecular formula is C21H22Cl2N4O2S. The topological polar surface area (TPSA) is 60.1 Å². The molecule has 30 heavy (non-hydrogen) atoms. The lowest BCUT2D eigenvalue weighted by Crippen LogP contribution is -2.41. The highest BCUT2D eigenvalue weighted by Crippen LogP contribution is 2.34. The Morgan fingerprint density at radius 3 is 2.43 bits per heavy atom. The van der Waals surface area contributed by atoms with Crippen molar-refractivity contribution >= 4 is 40.4 Å². The fraction of sp³-hybridized carbons (Fsp3) is 0.381. The number of piperidine rings is 1. The van der Waals surface area contributed by atoms with Gasteiger partial charge in [-0.05, 0) is 38.0 Å². The number of amides is 1. The molecule has 1 fully saturated rings. The predicted molar refractivity (Wildman–Crippen MR) is 120 cm³/mol. The molecule has 1 amide bonds. The molecule has 3 heterocycles. The van der Waals surface area contributed by atoms with Crippen molar-refractivity contribution in [3.63, 3.8) is 0 Å². The molecule has 1 aliphatic heterocycles. The van der Waals surface area contributed by atoms with E-state index in [9.17, 15) is 9.59 Å². The third-order valence-corrected chi connectivity index (χ3v) is 6.81. The van der Waals surface area contributed by atoms with Crippen LogP contribution in [0.1, 0.15) is 31.4 Å². The molecule has 158 valence electrons. The lowest BCUT2D eigenvalue weighted by Gasteiger charge is -2.31. The zero-order valence-electron chi connectivity index (χ0n) is 16.6. The maximum absolute atomic E-state index is 12.6. The summed E-state index contributed by atoms with van der Waals surface area (Å²) in [6, 6.07) is 5.44. The Labute approximate surface area is 188 Å². The maximum Gasteiger partial charge on any atom is 0.328 e. The number of aryl methyl sites for hydroxylation is 1. The van der Waals surface area contributed by atoms with Crippen LogP contribution in [0.4, 0.5) is 0 Å². The second kappa shape index (κ2) is 8.96. The van der Waals surface area contributed by atoms with Gasteiger partial charge in [-0.1, -0.05) is 23.2 Å². The Morgan fingerprint density at radius 2 is 1.80 bits per heavy atom. The van der Waals surface area contributed by atoms with E-state index in [1.807, 2.05) is 24.0 Å². The SMILES string of the molecule is CCn1ccn(CC(=O)N2CCC(c3csc(-c4cc(Cl)cc(Cl)c4)n3)CC2)c1=O. The first kappa shape index (κ1) is 21.2. The molecule has 9 heteroatoms. The fourth-order valence-electron chi connectivity index (χ4n) is 3.77. The van der Waals surface area contributed by atoms with Crippen LogP contribution in [0.3, 0.4) is 0 Å². The molecule has 1 saturated heterocycles. The fourth-order valence-corrected chi connectivity index (χ4v) is 5.18. The minimum absolute atomic E-state index is 0.0167. The third kappa shape index (κ3) is 4.48. The monoisotopic (exact) mass is 464 g/mol. The van der Waals surface area contributed by atoms with E-state index in [1.54, 1.807) is 34.4 Å². The summed E-state index contributed by atoms with van der Waals surface area (Å²) in [4.78, 5) is 31.4. The van der Waals surface area contributed by atoms with E-state index in [-0.39, 0.29) is 18.1 Å². The number of carbonyl (C=O) groups excluding carboxylic acids is 1. The Hall–Kier alpha value is -2.09. The Bertz CT molecular complexity index is 1090. The van der Waals surface area contributed by atoms with Crippen LogP contribution in [-0.4, -0.2) is 38.0 Å². The molecule has 2 aromatic heterocycles. The first-order valence-electron chi connectivity index (χ1n) is 9.90. The van der Waals surface area contributed by atoms with Crippen molar-refractivity contribution in [2.45, 2.75) is 38.8 Å². The second-order valence-corrected chi connectivity index (χ2v) is 9.12. The number of aromatic nitrogens is 3. The number of imidazole rings is 1. The molecule has 6 nitrogen and oxygen atoms in total. The minimum Gasteiger partial charge on any atom is -0.341 e. The van der Waals surface area contributed by atoms with Crippen LogP contribution in [0.25, 0.3) is 10.6 Å². The summed E-state index contributed by atoms with van der Waals surface area (Å²) in [6.45, 7) is 3.93. The van der Waals surface area contributed by atoms with E-state index >= 15 is 0 Å². The van der Waals surface area contributed by atoms with Crippen molar-refractivity contribution in [2.75, 3.05) is 13.1 Å². The van der Waals surface area contributed by atoms with Gasteiger partial charge in [-0.15, -0.1) is 11.3 Å². The molecule has 0 radical (unpaired) electrons. The average Bonchev–Trinajstić information content (AvgIpc) is 3.35. The molecule has 0 atom stereocenters. The zero-order valence-corrected chi connectivity index (χ0v) is 18.9. The van der Waals surface area contributed by atoms with Gasteiger partial charge in [0.25, 0.3) is 0 Å². The standard InChI is InChI=1S/C21H22Cl2N4O2S/c1-2-25-7-8-27(21(25)29)12-19(28)26-5-3-14(4-6-26)18-13-30-20(24-18)15-9-16(22)11-17(23)10-15/h7-11,13-14H,2-6,12H2,1H3. The number of nitrogens with zero attached hydrogens (tertiary/aromatic N) is 4. The number of carbonyl (C=O) groups is 1. The highest BCUT2D eigenvalue weighted by atomic mass is 35.5. The number of hydrogen-bond acceptors (Lipinski definition) is 4. The van der Waals surface area contributed by atoms with Gasteiger partial charge in [0.15, 0.2) is 0 Å². The van der Waals surface area contributed by atoms with E-state index in [2.05, 4.69) is 5.38 Å². The number of hydrogen-bond donors (Lipinski definition) is 0. The highest BCUT2D eigenvalue weighted by molar-refractivity contribution is 7.13. The number of rotatable bonds is 5. The van der Waals surface area contributed by atoms with E-state index < -0.39 is 0 Å². The molecule has 0 aliphatic carbocycles. The van der Waals surface area contributed by atoms with Gasteiger partial charge in [-0.3, -0.25) is 13.9 Å². The van der Waals surface area contributed by atoms with Crippen LogP contribution in [0.15, 0.2) is 40.8 Å². The summed E-state index contributed by atoms with van der Waals surface area (Å²) >= 11 is 13.8. The van der Waals surface area contributed by atoms with Gasteiger partial charge in [-0.25, -0.2) is 9.78 Å². The number of likely N-dealkylation sites (tertiary alicyclic amines) is 1. The number of benzene rings is 1. The van der Waals surface area contributed by atoms with E-state index in [1.165, 1.54) is 4.57 Å². The maximum atomic E-state index is 12.6. The molecule has 1 aromatic carbocycles. The molecule has 4 rings (SSSR count). The van der Waals surface area contributed by atoms with Crippen molar-refractivity contribution in [1.29, 1.82) is 0 Å². The summed E-state index contributed by atoms with van der Waals surface area (Å²) < 4.78 is 3.06. The van der Waals surface area contributed by atoms with Crippen molar-refractivity contribution < 1.29 is 4.79 Å². The smallest absolute Gasteiger partial charge is 0.328 e. The summed E-state index contributed by atoms with van der Waals surface area (Å²) in [5.41, 5.74) is 1.83. The average molecular weight is 465 g/mol. The van der Waals surface area contributed by atoms with Crippen molar-refractivity contribution in [3.05, 3.63) is 62.2 Å². The molecule has 0 spiro atoms. The Balaban J connectivity index is 1.37. The highest BCUT2D eigenvalue weighted by Gasteiger charge is 2.26. The van der Waals surface area contributed by atoms with Crippen LogP contribution in [-0.2, 0) is 17.9 Å². The molecule has 0 N–H and O–H groups in total. The van der Waals surface area contributed by atoms with E-state index in [0.717, 1.165) is 29.1 Å². The number of thiazole rings is 1. The van der Waals surface area contributed by atoms with Crippen LogP contribution in [0.2, 0.25) is 10.0 Å². The lowest BCUT2D eigenvalue weighted by molar-refractivity contribution is -0.132. The van der Waals surface area contributed by atoms with Crippen LogP contribution >= 0.6 is 34.5 Å². The minimum atomic E-state index is -0.142. The molecule has 0 saturated carbocycles. The summed E-state index contributed by atoms with van der Waals surface area (Å²) in [7, 11) is 0. The molecule has 0 bridgehead atoms. The van der Waals surface area contributed by atoms with Crippen LogP contribution in [0.5, 0.6) is 0 Å². The van der Waals surface area contributed by atoms with Gasteiger partial charge in [0.05, 0.1) is 5.69 Å². The van der Waals surface area contributed by atoms with Gasteiger partial charge in [0, 0.05) is 58.9 Å². The van der Waals surface area contributed by atoms with Gasteiger partial charge in [0.2, 0.25) is 5.91 Å². The summed E-state index contributed by atoms with van der Waals surface area (Å²) in [5.74, 6) is 0.301. The largest absolute Gasteiger partial charge is 0.341 e. The van der Waals surface area contributed by atoms with Crippen LogP contribution < -0.4 is 5.69 Å². The first-order valence-corrected chi connectivity index (χ1v) is 11.5. The van der Waals surface area contributed by atoms with Gasteiger partial charge < -0.3 is 4.90 Å². The first-order chi connectivity index (χ1) is 14.4. The lowest BCUT2D eigenvalue weighted by atomic mass is 9.94. The van der Waals surface area contributed by atoms with Crippen LogP contribution in [0, 0.1) is 0 Å². The number of halogens is 2.